The Morgan fingerprint density at radius 2 is 2.14 bits per heavy atom. The van der Waals surface area contributed by atoms with E-state index < -0.39 is 0 Å². The van der Waals surface area contributed by atoms with Crippen LogP contribution in [0.3, 0.4) is 0 Å². The molecule has 1 aliphatic carbocycles. The number of nitrogens with zero attached hydrogens (tertiary/aromatic N) is 2. The van der Waals surface area contributed by atoms with Crippen molar-refractivity contribution in [3.05, 3.63) is 28.8 Å². The first-order chi connectivity index (χ1) is 10.1. The topological polar surface area (TPSA) is 18.5 Å². The summed E-state index contributed by atoms with van der Waals surface area (Å²) in [5, 5.41) is 4.48. The van der Waals surface area contributed by atoms with Crippen LogP contribution in [0.5, 0.6) is 0 Å². The summed E-state index contributed by atoms with van der Waals surface area (Å²) in [7, 11) is 4.39. The van der Waals surface area contributed by atoms with Crippen molar-refractivity contribution in [1.29, 1.82) is 0 Å². The molecule has 116 valence electrons. The second kappa shape index (κ2) is 6.55. The molecule has 2 fully saturated rings. The highest BCUT2D eigenvalue weighted by atomic mass is 35.5. The summed E-state index contributed by atoms with van der Waals surface area (Å²) >= 11 is 6.49. The molecule has 2 aliphatic rings. The molecule has 0 radical (unpaired) electrons. The summed E-state index contributed by atoms with van der Waals surface area (Å²) in [6, 6.07) is 7.00. The third kappa shape index (κ3) is 3.91. The first-order valence-corrected chi connectivity index (χ1v) is 8.41. The Bertz CT molecular complexity index is 487. The summed E-state index contributed by atoms with van der Waals surface area (Å²) in [4.78, 5) is 4.77. The number of likely N-dealkylation sites (tertiary alicyclic amines) is 1. The molecule has 3 nitrogen and oxygen atoms in total. The maximum Gasteiger partial charge on any atom is 0.0642 e. The van der Waals surface area contributed by atoms with E-state index in [9.17, 15) is 0 Å². The number of nitrogens with one attached hydrogen (secondary N) is 1. The molecule has 3 rings (SSSR count). The molecule has 1 heterocycles. The second-order valence-electron chi connectivity index (χ2n) is 6.70. The minimum Gasteiger partial charge on any atom is -0.373 e. The molecule has 1 saturated carbocycles. The van der Waals surface area contributed by atoms with Gasteiger partial charge in [0.25, 0.3) is 0 Å². The van der Waals surface area contributed by atoms with Crippen molar-refractivity contribution in [2.24, 2.45) is 5.92 Å². The zero-order chi connectivity index (χ0) is 14.8. The fraction of sp³-hybridized carbons (Fsp3) is 0.647. The van der Waals surface area contributed by atoms with Crippen molar-refractivity contribution < 1.29 is 0 Å². The van der Waals surface area contributed by atoms with Gasteiger partial charge in [-0.15, -0.1) is 0 Å². The maximum atomic E-state index is 6.49. The lowest BCUT2D eigenvalue weighted by Crippen LogP contribution is -2.29. The highest BCUT2D eigenvalue weighted by Crippen LogP contribution is 2.31. The fourth-order valence-electron chi connectivity index (χ4n) is 3.33. The van der Waals surface area contributed by atoms with Crippen molar-refractivity contribution in [3.63, 3.8) is 0 Å². The Morgan fingerprint density at radius 3 is 2.81 bits per heavy atom. The molecule has 0 aromatic heterocycles. The predicted octanol–water partition coefficient (Wildman–Crippen LogP) is 2.98. The number of rotatable bonds is 6. The summed E-state index contributed by atoms with van der Waals surface area (Å²) in [5.74, 6) is 0.750. The molecule has 0 bridgehead atoms. The van der Waals surface area contributed by atoms with E-state index >= 15 is 0 Å². The van der Waals surface area contributed by atoms with Gasteiger partial charge in [0.05, 0.1) is 10.7 Å². The summed E-state index contributed by atoms with van der Waals surface area (Å²) in [5.41, 5.74) is 2.53. The van der Waals surface area contributed by atoms with Crippen LogP contribution in [0.1, 0.15) is 24.8 Å². The zero-order valence-corrected chi connectivity index (χ0v) is 13.9. The minimum atomic E-state index is 0.727. The number of hydrogen-bond donors (Lipinski definition) is 1. The van der Waals surface area contributed by atoms with Crippen LogP contribution in [0.4, 0.5) is 5.69 Å². The van der Waals surface area contributed by atoms with E-state index in [2.05, 4.69) is 41.3 Å². The van der Waals surface area contributed by atoms with Gasteiger partial charge in [-0.3, -0.25) is 0 Å². The standard InChI is InChI=1S/C17H26ClN3/c1-20-9-8-13(11-20)12-21(2)17-14(4-3-5-16(17)18)10-19-15-6-7-15/h3-5,13,15,19H,6-12H2,1-2H3. The molecule has 0 spiro atoms. The monoisotopic (exact) mass is 307 g/mol. The third-order valence-corrected chi connectivity index (χ3v) is 4.94. The molecule has 1 aromatic rings. The Hall–Kier alpha value is -0.770. The fourth-order valence-corrected chi connectivity index (χ4v) is 3.66. The van der Waals surface area contributed by atoms with Crippen LogP contribution in [-0.2, 0) is 6.54 Å². The lowest BCUT2D eigenvalue weighted by atomic mass is 10.1. The molecule has 1 aromatic carbocycles. The van der Waals surface area contributed by atoms with Crippen LogP contribution in [0.2, 0.25) is 5.02 Å². The van der Waals surface area contributed by atoms with Crippen molar-refractivity contribution in [2.45, 2.75) is 31.8 Å². The van der Waals surface area contributed by atoms with Crippen LogP contribution in [0, 0.1) is 5.92 Å². The summed E-state index contributed by atoms with van der Waals surface area (Å²) in [6.07, 6.45) is 3.93. The number of anilines is 1. The molecule has 0 amide bonds. The molecule has 1 atom stereocenters. The summed E-state index contributed by atoms with van der Waals surface area (Å²) < 4.78 is 0. The van der Waals surface area contributed by atoms with Gasteiger partial charge in [-0.25, -0.2) is 0 Å². The maximum absolute atomic E-state index is 6.49. The van der Waals surface area contributed by atoms with Crippen LogP contribution in [0.25, 0.3) is 0 Å². The molecule has 1 N–H and O–H groups in total. The van der Waals surface area contributed by atoms with Crippen molar-refractivity contribution in [2.75, 3.05) is 38.6 Å². The van der Waals surface area contributed by atoms with E-state index in [1.807, 2.05) is 6.07 Å². The molecular weight excluding hydrogens is 282 g/mol. The predicted molar refractivity (Wildman–Crippen MR) is 90.2 cm³/mol. The molecule has 1 aliphatic heterocycles. The number of para-hydroxylation sites is 1. The van der Waals surface area contributed by atoms with Gasteiger partial charge in [0.2, 0.25) is 0 Å². The smallest absolute Gasteiger partial charge is 0.0642 e. The quantitative estimate of drug-likeness (QED) is 0.871. The van der Waals surface area contributed by atoms with Gasteiger partial charge in [0, 0.05) is 32.7 Å². The second-order valence-corrected chi connectivity index (χ2v) is 7.11. The Labute approximate surface area is 133 Å². The minimum absolute atomic E-state index is 0.727. The number of benzene rings is 1. The third-order valence-electron chi connectivity index (χ3n) is 4.63. The van der Waals surface area contributed by atoms with Gasteiger partial charge in [-0.1, -0.05) is 23.7 Å². The van der Waals surface area contributed by atoms with Crippen LogP contribution in [0.15, 0.2) is 18.2 Å². The van der Waals surface area contributed by atoms with Gasteiger partial charge in [-0.05, 0) is 50.4 Å². The lowest BCUT2D eigenvalue weighted by molar-refractivity contribution is 0.396. The lowest BCUT2D eigenvalue weighted by Gasteiger charge is -2.26. The molecular formula is C17H26ClN3. The van der Waals surface area contributed by atoms with Crippen molar-refractivity contribution >= 4 is 17.3 Å². The number of hydrogen-bond acceptors (Lipinski definition) is 3. The van der Waals surface area contributed by atoms with E-state index in [1.165, 1.54) is 43.6 Å². The van der Waals surface area contributed by atoms with E-state index in [1.54, 1.807) is 0 Å². The van der Waals surface area contributed by atoms with Gasteiger partial charge < -0.3 is 15.1 Å². The van der Waals surface area contributed by atoms with E-state index in [0.29, 0.717) is 0 Å². The van der Waals surface area contributed by atoms with Gasteiger partial charge >= 0.3 is 0 Å². The molecule has 4 heteroatoms. The van der Waals surface area contributed by atoms with Crippen molar-refractivity contribution in [3.8, 4) is 0 Å². The van der Waals surface area contributed by atoms with Crippen molar-refractivity contribution in [1.82, 2.24) is 10.2 Å². The SMILES string of the molecule is CN1CCC(CN(C)c2c(Cl)cccc2CNC2CC2)C1. The van der Waals surface area contributed by atoms with Gasteiger partial charge in [0.15, 0.2) is 0 Å². The van der Waals surface area contributed by atoms with E-state index in [-0.39, 0.29) is 0 Å². The highest BCUT2D eigenvalue weighted by molar-refractivity contribution is 6.33. The Morgan fingerprint density at radius 1 is 1.33 bits per heavy atom. The Kier molecular flexibility index (Phi) is 4.72. The average molecular weight is 308 g/mol. The average Bonchev–Trinajstić information content (AvgIpc) is 3.19. The molecule has 21 heavy (non-hydrogen) atoms. The van der Waals surface area contributed by atoms with E-state index in [0.717, 1.165) is 30.1 Å². The first kappa shape index (κ1) is 15.1. The Balaban J connectivity index is 1.69. The zero-order valence-electron chi connectivity index (χ0n) is 13.1. The first-order valence-electron chi connectivity index (χ1n) is 8.04. The van der Waals surface area contributed by atoms with Crippen LogP contribution < -0.4 is 10.2 Å². The highest BCUT2D eigenvalue weighted by Gasteiger charge is 2.24. The van der Waals surface area contributed by atoms with Gasteiger partial charge in [-0.2, -0.15) is 0 Å². The van der Waals surface area contributed by atoms with E-state index in [4.69, 9.17) is 11.6 Å². The summed E-state index contributed by atoms with van der Waals surface area (Å²) in [6.45, 7) is 4.43. The normalized spacial score (nSPS) is 22.7. The molecule has 1 saturated heterocycles. The largest absolute Gasteiger partial charge is 0.373 e. The van der Waals surface area contributed by atoms with Crippen LogP contribution in [-0.4, -0.2) is 44.7 Å². The molecule has 1 unspecified atom stereocenters. The van der Waals surface area contributed by atoms with Gasteiger partial charge in [0.1, 0.15) is 0 Å². The van der Waals surface area contributed by atoms with Crippen LogP contribution >= 0.6 is 11.6 Å². The number of halogens is 1.